The SMILES string of the molecule is Cc1ccc(C(CNC(=O)Nc2cccc(OCc3cscn3)c2)N(C)C)cc1. The number of nitrogens with one attached hydrogen (secondary N) is 2. The zero-order valence-corrected chi connectivity index (χ0v) is 17.7. The molecule has 1 unspecified atom stereocenters. The summed E-state index contributed by atoms with van der Waals surface area (Å²) in [6.45, 7) is 2.97. The maximum atomic E-state index is 12.4. The van der Waals surface area contributed by atoms with Gasteiger partial charge < -0.3 is 20.3 Å². The van der Waals surface area contributed by atoms with E-state index in [1.807, 2.05) is 37.7 Å². The Morgan fingerprint density at radius 3 is 2.69 bits per heavy atom. The molecule has 0 saturated heterocycles. The monoisotopic (exact) mass is 410 g/mol. The predicted octanol–water partition coefficient (Wildman–Crippen LogP) is 4.45. The van der Waals surface area contributed by atoms with Gasteiger partial charge >= 0.3 is 6.03 Å². The van der Waals surface area contributed by atoms with Crippen LogP contribution in [0.4, 0.5) is 10.5 Å². The Hall–Kier alpha value is -2.90. The van der Waals surface area contributed by atoms with Crippen molar-refractivity contribution in [2.75, 3.05) is 26.0 Å². The molecule has 0 fully saturated rings. The number of aryl methyl sites for hydroxylation is 1. The zero-order valence-electron chi connectivity index (χ0n) is 16.9. The molecule has 2 aromatic carbocycles. The van der Waals surface area contributed by atoms with Crippen LogP contribution in [0, 0.1) is 6.92 Å². The van der Waals surface area contributed by atoms with Crippen LogP contribution in [0.3, 0.4) is 0 Å². The summed E-state index contributed by atoms with van der Waals surface area (Å²) in [4.78, 5) is 18.7. The molecule has 0 aliphatic carbocycles. The van der Waals surface area contributed by atoms with Crippen molar-refractivity contribution in [3.8, 4) is 5.75 Å². The summed E-state index contributed by atoms with van der Waals surface area (Å²) in [6.07, 6.45) is 0. The molecule has 6 nitrogen and oxygen atoms in total. The average Bonchev–Trinajstić information content (AvgIpc) is 3.22. The van der Waals surface area contributed by atoms with Gasteiger partial charge in [0.15, 0.2) is 0 Å². The molecule has 0 saturated carbocycles. The lowest BCUT2D eigenvalue weighted by Gasteiger charge is -2.25. The van der Waals surface area contributed by atoms with Crippen molar-refractivity contribution < 1.29 is 9.53 Å². The smallest absolute Gasteiger partial charge is 0.319 e. The van der Waals surface area contributed by atoms with Crippen molar-refractivity contribution in [1.82, 2.24) is 15.2 Å². The first-order valence-electron chi connectivity index (χ1n) is 9.39. The highest BCUT2D eigenvalue weighted by Crippen LogP contribution is 2.20. The van der Waals surface area contributed by atoms with Crippen LogP contribution in [-0.2, 0) is 6.61 Å². The Bertz CT molecular complexity index is 911. The number of nitrogens with zero attached hydrogens (tertiary/aromatic N) is 2. The van der Waals surface area contributed by atoms with Gasteiger partial charge in [-0.25, -0.2) is 9.78 Å². The van der Waals surface area contributed by atoms with Crippen LogP contribution in [0.1, 0.15) is 22.9 Å². The first-order chi connectivity index (χ1) is 14.0. The molecule has 3 rings (SSSR count). The van der Waals surface area contributed by atoms with E-state index in [2.05, 4.69) is 51.7 Å². The predicted molar refractivity (Wildman–Crippen MR) is 118 cm³/mol. The molecule has 1 heterocycles. The third-order valence-corrected chi connectivity index (χ3v) is 5.14. The lowest BCUT2D eigenvalue weighted by Crippen LogP contribution is -2.36. The van der Waals surface area contributed by atoms with Crippen molar-refractivity contribution in [2.45, 2.75) is 19.6 Å². The lowest BCUT2D eigenvalue weighted by molar-refractivity contribution is 0.243. The number of thiazole rings is 1. The van der Waals surface area contributed by atoms with Crippen LogP contribution in [-0.4, -0.2) is 36.6 Å². The van der Waals surface area contributed by atoms with Gasteiger partial charge in [0.2, 0.25) is 0 Å². The van der Waals surface area contributed by atoms with Gasteiger partial charge in [-0.2, -0.15) is 0 Å². The maximum absolute atomic E-state index is 12.4. The van der Waals surface area contributed by atoms with Crippen molar-refractivity contribution in [3.63, 3.8) is 0 Å². The van der Waals surface area contributed by atoms with Crippen LogP contribution >= 0.6 is 11.3 Å². The number of likely N-dealkylation sites (N-methyl/N-ethyl adjacent to an activating group) is 1. The molecular formula is C22H26N4O2S. The number of hydrogen-bond acceptors (Lipinski definition) is 5. The summed E-state index contributed by atoms with van der Waals surface area (Å²) >= 11 is 1.54. The van der Waals surface area contributed by atoms with E-state index in [1.165, 1.54) is 22.5 Å². The van der Waals surface area contributed by atoms with Crippen LogP contribution in [0.25, 0.3) is 0 Å². The number of carbonyl (C=O) groups excluding carboxylic acids is 1. The third kappa shape index (κ3) is 6.30. The van der Waals surface area contributed by atoms with Gasteiger partial charge in [-0.15, -0.1) is 11.3 Å². The Morgan fingerprint density at radius 2 is 2.00 bits per heavy atom. The number of rotatable bonds is 8. The fraction of sp³-hybridized carbons (Fsp3) is 0.273. The van der Waals surface area contributed by atoms with Crippen LogP contribution < -0.4 is 15.4 Å². The first-order valence-corrected chi connectivity index (χ1v) is 10.3. The minimum absolute atomic E-state index is 0.0918. The number of amides is 2. The van der Waals surface area contributed by atoms with Crippen molar-refractivity contribution >= 4 is 23.1 Å². The lowest BCUT2D eigenvalue weighted by atomic mass is 10.0. The topological polar surface area (TPSA) is 66.5 Å². The molecule has 1 atom stereocenters. The highest BCUT2D eigenvalue weighted by molar-refractivity contribution is 7.07. The van der Waals surface area contributed by atoms with Crippen molar-refractivity contribution in [2.24, 2.45) is 0 Å². The molecule has 0 radical (unpaired) electrons. The fourth-order valence-electron chi connectivity index (χ4n) is 2.88. The van der Waals surface area contributed by atoms with E-state index in [0.29, 0.717) is 24.6 Å². The molecular weight excluding hydrogens is 384 g/mol. The van der Waals surface area contributed by atoms with E-state index < -0.39 is 0 Å². The Labute approximate surface area is 175 Å². The largest absolute Gasteiger partial charge is 0.487 e. The van der Waals surface area contributed by atoms with Crippen LogP contribution in [0.15, 0.2) is 59.4 Å². The minimum Gasteiger partial charge on any atom is -0.487 e. The molecule has 152 valence electrons. The van der Waals surface area contributed by atoms with E-state index in [9.17, 15) is 4.79 Å². The molecule has 7 heteroatoms. The molecule has 29 heavy (non-hydrogen) atoms. The maximum Gasteiger partial charge on any atom is 0.319 e. The van der Waals surface area contributed by atoms with E-state index in [-0.39, 0.29) is 12.1 Å². The molecule has 2 amide bonds. The summed E-state index contributed by atoms with van der Waals surface area (Å²) in [5.74, 6) is 0.682. The van der Waals surface area contributed by atoms with Gasteiger partial charge in [0, 0.05) is 23.7 Å². The van der Waals surface area contributed by atoms with E-state index >= 15 is 0 Å². The van der Waals surface area contributed by atoms with E-state index in [4.69, 9.17) is 4.74 Å². The Kier molecular flexibility index (Phi) is 7.21. The molecule has 0 bridgehead atoms. The van der Waals surface area contributed by atoms with Crippen molar-refractivity contribution in [3.05, 3.63) is 76.2 Å². The molecule has 0 aliphatic heterocycles. The number of urea groups is 1. The van der Waals surface area contributed by atoms with Crippen LogP contribution in [0.2, 0.25) is 0 Å². The zero-order chi connectivity index (χ0) is 20.6. The number of aromatic nitrogens is 1. The first kappa shape index (κ1) is 20.8. The summed E-state index contributed by atoms with van der Waals surface area (Å²) in [5, 5.41) is 7.78. The molecule has 2 N–H and O–H groups in total. The van der Waals surface area contributed by atoms with Gasteiger partial charge in [0.1, 0.15) is 12.4 Å². The van der Waals surface area contributed by atoms with E-state index in [0.717, 1.165) is 5.69 Å². The number of ether oxygens (including phenoxy) is 1. The number of anilines is 1. The number of benzene rings is 2. The molecule has 3 aromatic rings. The minimum atomic E-state index is -0.249. The third-order valence-electron chi connectivity index (χ3n) is 4.50. The second-order valence-electron chi connectivity index (χ2n) is 7.02. The molecule has 1 aromatic heterocycles. The van der Waals surface area contributed by atoms with Gasteiger partial charge in [-0.3, -0.25) is 0 Å². The highest BCUT2D eigenvalue weighted by Gasteiger charge is 2.15. The summed E-state index contributed by atoms with van der Waals surface area (Å²) in [6, 6.07) is 15.6. The summed E-state index contributed by atoms with van der Waals surface area (Å²) in [5.41, 5.74) is 5.72. The van der Waals surface area contributed by atoms with Gasteiger partial charge in [-0.1, -0.05) is 35.9 Å². The normalized spacial score (nSPS) is 11.9. The van der Waals surface area contributed by atoms with Crippen LogP contribution in [0.5, 0.6) is 5.75 Å². The summed E-state index contributed by atoms with van der Waals surface area (Å²) < 4.78 is 5.74. The van der Waals surface area contributed by atoms with E-state index in [1.54, 1.807) is 11.6 Å². The Morgan fingerprint density at radius 1 is 1.21 bits per heavy atom. The van der Waals surface area contributed by atoms with Gasteiger partial charge in [0.05, 0.1) is 17.2 Å². The Balaban J connectivity index is 1.54. The average molecular weight is 411 g/mol. The quantitative estimate of drug-likeness (QED) is 0.576. The standard InChI is InChI=1S/C22H26N4O2S/c1-16-7-9-17(10-8-16)21(26(2)3)12-23-22(27)25-18-5-4-6-20(11-18)28-13-19-14-29-15-24-19/h4-11,14-15,21H,12-13H2,1-3H3,(H2,23,25,27). The highest BCUT2D eigenvalue weighted by atomic mass is 32.1. The molecule has 0 aliphatic rings. The number of carbonyl (C=O) groups is 1. The second-order valence-corrected chi connectivity index (χ2v) is 7.74. The number of hydrogen-bond donors (Lipinski definition) is 2. The molecule has 0 spiro atoms. The summed E-state index contributed by atoms with van der Waals surface area (Å²) in [7, 11) is 4.01. The fourth-order valence-corrected chi connectivity index (χ4v) is 3.42. The van der Waals surface area contributed by atoms with Crippen molar-refractivity contribution in [1.29, 1.82) is 0 Å². The second kappa shape index (κ2) is 10.0. The van der Waals surface area contributed by atoms with Gasteiger partial charge in [0.25, 0.3) is 0 Å². The van der Waals surface area contributed by atoms with Gasteiger partial charge in [-0.05, 0) is 38.7 Å².